The maximum absolute atomic E-state index is 12.3. The quantitative estimate of drug-likeness (QED) is 0.542. The van der Waals surface area contributed by atoms with Crippen molar-refractivity contribution >= 4 is 40.0 Å². The lowest BCUT2D eigenvalue weighted by Crippen LogP contribution is -2.28. The highest BCUT2D eigenvalue weighted by Gasteiger charge is 2.13. The Morgan fingerprint density at radius 1 is 1.12 bits per heavy atom. The number of nitrogens with zero attached hydrogens (tertiary/aromatic N) is 1. The van der Waals surface area contributed by atoms with Gasteiger partial charge in [-0.2, -0.15) is 5.10 Å². The number of thioether (sulfide) groups is 1. The molecule has 0 radical (unpaired) electrons. The van der Waals surface area contributed by atoms with Gasteiger partial charge in [-0.15, -0.1) is 11.8 Å². The molecule has 0 unspecified atom stereocenters. The van der Waals surface area contributed by atoms with Gasteiger partial charge < -0.3 is 5.32 Å². The Balaban J connectivity index is 1.62. The number of aromatic amines is 1. The first kappa shape index (κ1) is 16.5. The van der Waals surface area contributed by atoms with Crippen LogP contribution < -0.4 is 10.9 Å². The van der Waals surface area contributed by atoms with E-state index in [0.717, 1.165) is 4.90 Å². The van der Waals surface area contributed by atoms with Crippen molar-refractivity contribution in [2.45, 2.75) is 4.90 Å². The summed E-state index contributed by atoms with van der Waals surface area (Å²) >= 11 is 7.46. The Bertz CT molecular complexity index is 925. The molecule has 0 aliphatic carbocycles. The molecule has 122 valence electrons. The molecule has 0 saturated carbocycles. The van der Waals surface area contributed by atoms with Crippen molar-refractivity contribution in [3.63, 3.8) is 0 Å². The van der Waals surface area contributed by atoms with E-state index in [4.69, 9.17) is 11.6 Å². The highest BCUT2D eigenvalue weighted by molar-refractivity contribution is 7.99. The number of fused-ring (bicyclic) bond motifs is 1. The third kappa shape index (κ3) is 3.77. The smallest absolute Gasteiger partial charge is 0.272 e. The fourth-order valence-corrected chi connectivity index (χ4v) is 3.13. The number of hydrogen-bond donors (Lipinski definition) is 2. The summed E-state index contributed by atoms with van der Waals surface area (Å²) in [5.41, 5.74) is -0.0814. The number of benzene rings is 2. The van der Waals surface area contributed by atoms with Crippen molar-refractivity contribution in [2.75, 3.05) is 12.3 Å². The van der Waals surface area contributed by atoms with Crippen LogP contribution in [0, 0.1) is 0 Å². The molecule has 1 amide bonds. The molecule has 5 nitrogen and oxygen atoms in total. The monoisotopic (exact) mass is 359 g/mol. The normalized spacial score (nSPS) is 10.7. The summed E-state index contributed by atoms with van der Waals surface area (Å²) in [5.74, 6) is 0.411. The van der Waals surface area contributed by atoms with E-state index in [-0.39, 0.29) is 17.2 Å². The summed E-state index contributed by atoms with van der Waals surface area (Å²) in [7, 11) is 0. The van der Waals surface area contributed by atoms with Crippen LogP contribution in [-0.2, 0) is 0 Å². The highest BCUT2D eigenvalue weighted by Crippen LogP contribution is 2.19. The molecule has 1 heterocycles. The Kier molecular flexibility index (Phi) is 5.17. The summed E-state index contributed by atoms with van der Waals surface area (Å²) in [6.45, 7) is 0.487. The molecule has 0 bridgehead atoms. The van der Waals surface area contributed by atoms with Crippen LogP contribution in [0.2, 0.25) is 5.02 Å². The van der Waals surface area contributed by atoms with E-state index in [1.807, 2.05) is 24.3 Å². The first-order valence-electron chi connectivity index (χ1n) is 7.29. The average Bonchev–Trinajstić information content (AvgIpc) is 2.60. The van der Waals surface area contributed by atoms with Crippen LogP contribution in [0.4, 0.5) is 0 Å². The van der Waals surface area contributed by atoms with Crippen LogP contribution in [0.25, 0.3) is 10.8 Å². The number of carbonyl (C=O) groups is 1. The van der Waals surface area contributed by atoms with Crippen LogP contribution in [0.3, 0.4) is 0 Å². The fourth-order valence-electron chi connectivity index (χ4n) is 2.24. The van der Waals surface area contributed by atoms with Crippen LogP contribution in [-0.4, -0.2) is 28.4 Å². The van der Waals surface area contributed by atoms with Crippen molar-refractivity contribution in [2.24, 2.45) is 0 Å². The second-order valence-electron chi connectivity index (χ2n) is 5.01. The molecule has 2 N–H and O–H groups in total. The molecule has 1 aromatic heterocycles. The van der Waals surface area contributed by atoms with Crippen LogP contribution in [0.15, 0.2) is 58.2 Å². The number of aromatic nitrogens is 2. The van der Waals surface area contributed by atoms with Gasteiger partial charge in [0, 0.05) is 27.6 Å². The van der Waals surface area contributed by atoms with Crippen LogP contribution >= 0.6 is 23.4 Å². The Morgan fingerprint density at radius 2 is 1.83 bits per heavy atom. The van der Waals surface area contributed by atoms with Gasteiger partial charge in [0.1, 0.15) is 0 Å². The molecular weight excluding hydrogens is 346 g/mol. The number of rotatable bonds is 5. The van der Waals surface area contributed by atoms with Crippen molar-refractivity contribution in [1.29, 1.82) is 0 Å². The van der Waals surface area contributed by atoms with Crippen LogP contribution in [0.5, 0.6) is 0 Å². The Morgan fingerprint density at radius 3 is 2.58 bits per heavy atom. The zero-order valence-corrected chi connectivity index (χ0v) is 14.2. The van der Waals surface area contributed by atoms with Crippen LogP contribution in [0.1, 0.15) is 10.5 Å². The second kappa shape index (κ2) is 7.51. The average molecular weight is 360 g/mol. The minimum atomic E-state index is -0.306. The molecule has 0 spiro atoms. The lowest BCUT2D eigenvalue weighted by atomic mass is 10.1. The first-order valence-corrected chi connectivity index (χ1v) is 8.65. The molecular formula is C17H14ClN3O2S. The van der Waals surface area contributed by atoms with E-state index in [9.17, 15) is 9.59 Å². The lowest BCUT2D eigenvalue weighted by molar-refractivity contribution is 0.0952. The number of amides is 1. The van der Waals surface area contributed by atoms with E-state index in [0.29, 0.717) is 28.1 Å². The van der Waals surface area contributed by atoms with Crippen molar-refractivity contribution < 1.29 is 4.79 Å². The van der Waals surface area contributed by atoms with Crippen molar-refractivity contribution in [1.82, 2.24) is 15.5 Å². The van der Waals surface area contributed by atoms with E-state index >= 15 is 0 Å². The number of halogens is 1. The minimum absolute atomic E-state index is 0.224. The van der Waals surface area contributed by atoms with Gasteiger partial charge >= 0.3 is 0 Å². The molecule has 2 aromatic carbocycles. The van der Waals surface area contributed by atoms with Crippen molar-refractivity contribution in [3.05, 3.63) is 69.6 Å². The molecule has 0 fully saturated rings. The molecule has 0 atom stereocenters. The van der Waals surface area contributed by atoms with Gasteiger partial charge in [0.2, 0.25) is 0 Å². The predicted molar refractivity (Wildman–Crippen MR) is 96.9 cm³/mol. The standard InChI is InChI=1S/C17H14ClN3O2S/c18-11-5-7-12(8-6-11)24-10-9-19-17(23)15-13-3-1-2-4-14(13)16(22)21-20-15/h1-8H,9-10H2,(H,19,23)(H,21,22). The molecule has 3 aromatic rings. The van der Waals surface area contributed by atoms with E-state index in [2.05, 4.69) is 15.5 Å². The zero-order valence-electron chi connectivity index (χ0n) is 12.6. The number of carbonyl (C=O) groups excluding carboxylic acids is 1. The summed E-state index contributed by atoms with van der Waals surface area (Å²) in [4.78, 5) is 25.1. The number of hydrogen-bond acceptors (Lipinski definition) is 4. The zero-order chi connectivity index (χ0) is 16.9. The maximum atomic E-state index is 12.3. The van der Waals surface area contributed by atoms with E-state index in [1.54, 1.807) is 36.0 Å². The maximum Gasteiger partial charge on any atom is 0.272 e. The largest absolute Gasteiger partial charge is 0.350 e. The van der Waals surface area contributed by atoms with Gasteiger partial charge in [0.05, 0.1) is 5.39 Å². The third-order valence-corrected chi connectivity index (χ3v) is 4.65. The number of nitrogens with one attached hydrogen (secondary N) is 2. The van der Waals surface area contributed by atoms with Gasteiger partial charge in [0.25, 0.3) is 11.5 Å². The summed E-state index contributed by atoms with van der Waals surface area (Å²) in [6.07, 6.45) is 0. The Labute approximate surface area is 147 Å². The summed E-state index contributed by atoms with van der Waals surface area (Å²) in [6, 6.07) is 14.5. The molecule has 3 rings (SSSR count). The second-order valence-corrected chi connectivity index (χ2v) is 6.61. The van der Waals surface area contributed by atoms with Crippen molar-refractivity contribution in [3.8, 4) is 0 Å². The predicted octanol–water partition coefficient (Wildman–Crippen LogP) is 3.10. The van der Waals surface area contributed by atoms with Gasteiger partial charge in [-0.25, -0.2) is 5.10 Å². The molecule has 7 heteroatoms. The van der Waals surface area contributed by atoms with E-state index < -0.39 is 0 Å². The third-order valence-electron chi connectivity index (χ3n) is 3.38. The molecule has 0 aliphatic heterocycles. The summed E-state index contributed by atoms with van der Waals surface area (Å²) in [5, 5.41) is 10.8. The minimum Gasteiger partial charge on any atom is -0.350 e. The van der Waals surface area contributed by atoms with Gasteiger partial charge in [-0.05, 0) is 30.3 Å². The van der Waals surface area contributed by atoms with Gasteiger partial charge in [-0.1, -0.05) is 29.8 Å². The molecule has 0 aliphatic rings. The first-order chi connectivity index (χ1) is 11.6. The Hall–Kier alpha value is -2.31. The number of H-pyrrole nitrogens is 1. The molecule has 24 heavy (non-hydrogen) atoms. The molecule has 0 saturated heterocycles. The fraction of sp³-hybridized carbons (Fsp3) is 0.118. The highest BCUT2D eigenvalue weighted by atomic mass is 35.5. The topological polar surface area (TPSA) is 74.8 Å². The SMILES string of the molecule is O=C(NCCSc1ccc(Cl)cc1)c1n[nH]c(=O)c2ccccc12. The van der Waals surface area contributed by atoms with E-state index in [1.165, 1.54) is 0 Å². The summed E-state index contributed by atoms with van der Waals surface area (Å²) < 4.78 is 0. The van der Waals surface area contributed by atoms with Gasteiger partial charge in [-0.3, -0.25) is 9.59 Å². The lowest BCUT2D eigenvalue weighted by Gasteiger charge is -2.07. The van der Waals surface area contributed by atoms with Gasteiger partial charge in [0.15, 0.2) is 5.69 Å².